The molecule has 0 spiro atoms. The molecule has 0 aliphatic rings. The lowest BCUT2D eigenvalue weighted by Crippen LogP contribution is -2.43. The van der Waals surface area contributed by atoms with Crippen molar-refractivity contribution in [2.24, 2.45) is 10.4 Å². The van der Waals surface area contributed by atoms with Crippen LogP contribution in [0.5, 0.6) is 0 Å². The van der Waals surface area contributed by atoms with Crippen molar-refractivity contribution >= 4 is 39.8 Å². The zero-order valence-electron chi connectivity index (χ0n) is 15.1. The van der Waals surface area contributed by atoms with Gasteiger partial charge >= 0.3 is 0 Å². The van der Waals surface area contributed by atoms with Gasteiger partial charge in [0.1, 0.15) is 9.84 Å². The summed E-state index contributed by atoms with van der Waals surface area (Å²) in [5, 5.41) is 16.0. The summed E-state index contributed by atoms with van der Waals surface area (Å²) in [6.07, 6.45) is 3.52. The molecule has 8 heteroatoms. The lowest BCUT2D eigenvalue weighted by atomic mass is 9.83. The number of hydrogen-bond acceptors (Lipinski definition) is 4. The van der Waals surface area contributed by atoms with E-state index in [1.54, 1.807) is 0 Å². The Kier molecular flexibility index (Phi) is 13.4. The van der Waals surface area contributed by atoms with Crippen LogP contribution in [-0.2, 0) is 9.84 Å². The molecule has 1 atom stereocenters. The molecule has 0 aromatic rings. The molecule has 0 rings (SSSR count). The Labute approximate surface area is 158 Å². The van der Waals surface area contributed by atoms with E-state index < -0.39 is 9.84 Å². The predicted molar refractivity (Wildman–Crippen MR) is 108 cm³/mol. The van der Waals surface area contributed by atoms with Gasteiger partial charge in [-0.25, -0.2) is 8.42 Å². The number of nitrogens with zero attached hydrogens (tertiary/aromatic N) is 1. The van der Waals surface area contributed by atoms with E-state index in [2.05, 4.69) is 29.5 Å². The first-order valence-electron chi connectivity index (χ1n) is 8.05. The Morgan fingerprint density at radius 3 is 2.22 bits per heavy atom. The van der Waals surface area contributed by atoms with Gasteiger partial charge in [0.05, 0.1) is 18.9 Å². The first kappa shape index (κ1) is 25.2. The molecule has 0 aromatic carbocycles. The van der Waals surface area contributed by atoms with Crippen LogP contribution in [-0.4, -0.2) is 57.2 Å². The maximum Gasteiger partial charge on any atom is 0.191 e. The Morgan fingerprint density at radius 2 is 1.83 bits per heavy atom. The molecule has 3 N–H and O–H groups in total. The third kappa shape index (κ3) is 11.1. The zero-order chi connectivity index (χ0) is 17.2. The summed E-state index contributed by atoms with van der Waals surface area (Å²) in [5.74, 6) is 0.827. The Hall–Kier alpha value is -0.0900. The fourth-order valence-electron chi connectivity index (χ4n) is 2.01. The predicted octanol–water partition coefficient (Wildman–Crippen LogP) is 1.78. The summed E-state index contributed by atoms with van der Waals surface area (Å²) in [5.41, 5.74) is -0.182. The summed E-state index contributed by atoms with van der Waals surface area (Å²) >= 11 is 0. The molecule has 0 saturated carbocycles. The second-order valence-electron chi connectivity index (χ2n) is 6.02. The van der Waals surface area contributed by atoms with Crippen LogP contribution in [0.15, 0.2) is 4.99 Å². The summed E-state index contributed by atoms with van der Waals surface area (Å²) in [6.45, 7) is 9.44. The van der Waals surface area contributed by atoms with E-state index in [-0.39, 0.29) is 47.8 Å². The Morgan fingerprint density at radius 1 is 1.26 bits per heavy atom. The molecule has 0 bridgehead atoms. The SMILES string of the molecule is CCNC(=NCC(CC)(CC)CO)NC(C)CCS(C)(=O)=O.I. The van der Waals surface area contributed by atoms with E-state index in [9.17, 15) is 13.5 Å². The number of nitrogens with one attached hydrogen (secondary N) is 2. The van der Waals surface area contributed by atoms with Crippen LogP contribution >= 0.6 is 24.0 Å². The van der Waals surface area contributed by atoms with Crippen molar-refractivity contribution in [2.75, 3.05) is 31.7 Å². The molecule has 0 heterocycles. The first-order chi connectivity index (χ1) is 10.2. The third-order valence-corrected chi connectivity index (χ3v) is 5.03. The van der Waals surface area contributed by atoms with Crippen molar-refractivity contribution in [3.63, 3.8) is 0 Å². The molecule has 0 fully saturated rings. The number of guanidine groups is 1. The molecule has 0 aromatic heterocycles. The fourth-order valence-corrected chi connectivity index (χ4v) is 2.79. The quantitative estimate of drug-likeness (QED) is 0.261. The van der Waals surface area contributed by atoms with Crippen molar-refractivity contribution in [1.82, 2.24) is 10.6 Å². The minimum absolute atomic E-state index is 0. The van der Waals surface area contributed by atoms with Crippen molar-refractivity contribution in [1.29, 1.82) is 0 Å². The number of aliphatic hydroxyl groups excluding tert-OH is 1. The summed E-state index contributed by atoms with van der Waals surface area (Å²) < 4.78 is 22.4. The highest BCUT2D eigenvalue weighted by atomic mass is 127. The van der Waals surface area contributed by atoms with Gasteiger partial charge in [-0.3, -0.25) is 4.99 Å². The first-order valence-corrected chi connectivity index (χ1v) is 10.1. The van der Waals surface area contributed by atoms with Crippen LogP contribution < -0.4 is 10.6 Å². The fraction of sp³-hybridized carbons (Fsp3) is 0.933. The molecular formula is C15H34IN3O3S. The van der Waals surface area contributed by atoms with Crippen LogP contribution in [0.1, 0.15) is 47.0 Å². The van der Waals surface area contributed by atoms with E-state index in [1.807, 2.05) is 13.8 Å². The standard InChI is InChI=1S/C15H33N3O3S.HI/c1-6-15(7-2,12-19)11-17-14(16-8-3)18-13(4)9-10-22(5,20)21;/h13,19H,6-12H2,1-5H3,(H2,16,17,18);1H. The average Bonchev–Trinajstić information content (AvgIpc) is 2.46. The molecule has 0 amide bonds. The van der Waals surface area contributed by atoms with Gasteiger partial charge in [0, 0.05) is 24.3 Å². The molecule has 0 saturated heterocycles. The Bertz CT molecular complexity index is 429. The van der Waals surface area contributed by atoms with Crippen molar-refractivity contribution in [3.05, 3.63) is 0 Å². The highest BCUT2D eigenvalue weighted by molar-refractivity contribution is 14.0. The van der Waals surface area contributed by atoms with Gasteiger partial charge < -0.3 is 15.7 Å². The minimum atomic E-state index is -2.95. The number of sulfone groups is 1. The topological polar surface area (TPSA) is 90.8 Å². The molecule has 1 unspecified atom stereocenters. The second kappa shape index (κ2) is 12.3. The highest BCUT2D eigenvalue weighted by Gasteiger charge is 2.25. The van der Waals surface area contributed by atoms with Crippen molar-refractivity contribution < 1.29 is 13.5 Å². The van der Waals surface area contributed by atoms with Crippen LogP contribution in [0.3, 0.4) is 0 Å². The Balaban J connectivity index is 0. The lowest BCUT2D eigenvalue weighted by Gasteiger charge is -2.28. The number of halogens is 1. The maximum absolute atomic E-state index is 11.2. The monoisotopic (exact) mass is 463 g/mol. The average molecular weight is 463 g/mol. The zero-order valence-corrected chi connectivity index (χ0v) is 18.2. The van der Waals surface area contributed by atoms with Gasteiger partial charge in [-0.05, 0) is 33.1 Å². The number of hydrogen-bond donors (Lipinski definition) is 3. The van der Waals surface area contributed by atoms with Gasteiger partial charge in [-0.15, -0.1) is 24.0 Å². The van der Waals surface area contributed by atoms with E-state index in [1.165, 1.54) is 6.26 Å². The molecular weight excluding hydrogens is 429 g/mol. The second-order valence-corrected chi connectivity index (χ2v) is 8.28. The van der Waals surface area contributed by atoms with Crippen molar-refractivity contribution in [3.8, 4) is 0 Å². The summed E-state index contributed by atoms with van der Waals surface area (Å²) in [6, 6.07) is 0.0132. The van der Waals surface area contributed by atoms with E-state index >= 15 is 0 Å². The van der Waals surface area contributed by atoms with Crippen LogP contribution in [0.4, 0.5) is 0 Å². The highest BCUT2D eigenvalue weighted by Crippen LogP contribution is 2.25. The third-order valence-electron chi connectivity index (χ3n) is 4.06. The molecule has 0 aliphatic carbocycles. The minimum Gasteiger partial charge on any atom is -0.396 e. The maximum atomic E-state index is 11.2. The van der Waals surface area contributed by atoms with Gasteiger partial charge in [-0.1, -0.05) is 13.8 Å². The van der Waals surface area contributed by atoms with Gasteiger partial charge in [0.2, 0.25) is 0 Å². The number of rotatable bonds is 10. The van der Waals surface area contributed by atoms with E-state index in [4.69, 9.17) is 0 Å². The van der Waals surface area contributed by atoms with Crippen LogP contribution in [0, 0.1) is 5.41 Å². The summed E-state index contributed by atoms with van der Waals surface area (Å²) in [4.78, 5) is 4.57. The van der Waals surface area contributed by atoms with Gasteiger partial charge in [-0.2, -0.15) is 0 Å². The molecule has 0 radical (unpaired) electrons. The molecule has 0 aliphatic heterocycles. The normalized spacial score (nSPS) is 14.1. The molecule has 140 valence electrons. The lowest BCUT2D eigenvalue weighted by molar-refractivity contribution is 0.123. The van der Waals surface area contributed by atoms with E-state index in [0.717, 1.165) is 19.4 Å². The van der Waals surface area contributed by atoms with Crippen LogP contribution in [0.25, 0.3) is 0 Å². The van der Waals surface area contributed by atoms with Gasteiger partial charge in [0.15, 0.2) is 5.96 Å². The van der Waals surface area contributed by atoms with Gasteiger partial charge in [0.25, 0.3) is 0 Å². The number of aliphatic imine (C=N–C) groups is 1. The molecule has 6 nitrogen and oxygen atoms in total. The van der Waals surface area contributed by atoms with Crippen LogP contribution in [0.2, 0.25) is 0 Å². The van der Waals surface area contributed by atoms with E-state index in [0.29, 0.717) is 18.9 Å². The van der Waals surface area contributed by atoms with Crippen molar-refractivity contribution in [2.45, 2.75) is 53.0 Å². The molecule has 23 heavy (non-hydrogen) atoms. The smallest absolute Gasteiger partial charge is 0.191 e. The largest absolute Gasteiger partial charge is 0.396 e. The summed E-state index contributed by atoms with van der Waals surface area (Å²) in [7, 11) is -2.95. The number of aliphatic hydroxyl groups is 1.